The minimum absolute atomic E-state index is 0.537. The van der Waals surface area contributed by atoms with Crippen molar-refractivity contribution in [2.45, 2.75) is 26.7 Å². The highest BCUT2D eigenvalue weighted by molar-refractivity contribution is 5.92. The first-order valence-corrected chi connectivity index (χ1v) is 5.70. The van der Waals surface area contributed by atoms with Crippen LogP contribution in [0.4, 0.5) is 0 Å². The number of benzene rings is 1. The van der Waals surface area contributed by atoms with E-state index < -0.39 is 0 Å². The highest BCUT2D eigenvalue weighted by Gasteiger charge is 2.12. The first kappa shape index (κ1) is 11.5. The number of nitrogens with zero attached hydrogens (tertiary/aromatic N) is 1. The van der Waals surface area contributed by atoms with E-state index in [-0.39, 0.29) is 0 Å². The van der Waals surface area contributed by atoms with E-state index in [1.54, 1.807) is 7.11 Å². The molecule has 3 heteroatoms. The summed E-state index contributed by atoms with van der Waals surface area (Å²) in [7, 11) is 1.68. The molecule has 1 aromatic heterocycles. The number of fused-ring (bicyclic) bond motifs is 1. The number of nitrogens with one attached hydrogen (secondary N) is 1. The van der Waals surface area contributed by atoms with Crippen LogP contribution in [0.1, 0.15) is 23.2 Å². The van der Waals surface area contributed by atoms with E-state index in [4.69, 9.17) is 10.00 Å². The van der Waals surface area contributed by atoms with E-state index in [0.29, 0.717) is 6.42 Å². The van der Waals surface area contributed by atoms with Crippen molar-refractivity contribution in [3.05, 3.63) is 29.0 Å². The van der Waals surface area contributed by atoms with Gasteiger partial charge in [-0.05, 0) is 31.0 Å². The van der Waals surface area contributed by atoms with Gasteiger partial charge in [-0.25, -0.2) is 0 Å². The fraction of sp³-hybridized carbons (Fsp3) is 0.357. The monoisotopic (exact) mass is 228 g/mol. The van der Waals surface area contributed by atoms with E-state index in [2.05, 4.69) is 31.0 Å². The van der Waals surface area contributed by atoms with Gasteiger partial charge in [-0.3, -0.25) is 0 Å². The molecule has 0 aliphatic carbocycles. The van der Waals surface area contributed by atoms with Gasteiger partial charge in [-0.2, -0.15) is 5.26 Å². The van der Waals surface area contributed by atoms with Crippen molar-refractivity contribution in [1.82, 2.24) is 4.98 Å². The lowest BCUT2D eigenvalue weighted by Crippen LogP contribution is -1.86. The first-order chi connectivity index (χ1) is 8.19. The van der Waals surface area contributed by atoms with Gasteiger partial charge < -0.3 is 9.72 Å². The van der Waals surface area contributed by atoms with Crippen molar-refractivity contribution < 1.29 is 4.74 Å². The molecule has 0 amide bonds. The molecule has 0 atom stereocenters. The van der Waals surface area contributed by atoms with Crippen molar-refractivity contribution in [2.24, 2.45) is 0 Å². The number of nitriles is 1. The Morgan fingerprint density at radius 1 is 1.35 bits per heavy atom. The van der Waals surface area contributed by atoms with Gasteiger partial charge in [-0.1, -0.05) is 6.07 Å². The van der Waals surface area contributed by atoms with E-state index in [9.17, 15) is 0 Å². The van der Waals surface area contributed by atoms with Crippen LogP contribution < -0.4 is 4.74 Å². The van der Waals surface area contributed by atoms with Crippen molar-refractivity contribution >= 4 is 10.9 Å². The minimum Gasteiger partial charge on any atom is -0.495 e. The first-order valence-electron chi connectivity index (χ1n) is 5.70. The summed E-state index contributed by atoms with van der Waals surface area (Å²) in [5.41, 5.74) is 4.64. The fourth-order valence-electron chi connectivity index (χ4n) is 2.29. The normalized spacial score (nSPS) is 10.5. The Morgan fingerprint density at radius 2 is 2.12 bits per heavy atom. The zero-order valence-electron chi connectivity index (χ0n) is 10.4. The molecule has 0 saturated heterocycles. The number of aryl methyl sites for hydroxylation is 3. The van der Waals surface area contributed by atoms with Crippen LogP contribution in [0.15, 0.2) is 12.1 Å². The number of aromatic nitrogens is 1. The number of hydrogen-bond donors (Lipinski definition) is 1. The maximum absolute atomic E-state index is 8.66. The summed E-state index contributed by atoms with van der Waals surface area (Å²) < 4.78 is 5.36. The van der Waals surface area contributed by atoms with Gasteiger partial charge in [0.15, 0.2) is 0 Å². The highest BCUT2D eigenvalue weighted by Crippen LogP contribution is 2.32. The standard InChI is InChI=1S/C14H16N2O/c1-9-6-7-12(17-3)14-13(9)10(2)11(16-14)5-4-8-15/h6-7,16H,4-5H2,1-3H3. The number of methoxy groups -OCH3 is 1. The van der Waals surface area contributed by atoms with Gasteiger partial charge in [0.25, 0.3) is 0 Å². The van der Waals surface area contributed by atoms with Gasteiger partial charge in [-0.15, -0.1) is 0 Å². The van der Waals surface area contributed by atoms with Crippen LogP contribution in [0.5, 0.6) is 5.75 Å². The zero-order chi connectivity index (χ0) is 12.4. The molecule has 17 heavy (non-hydrogen) atoms. The molecule has 0 bridgehead atoms. The van der Waals surface area contributed by atoms with E-state index in [1.165, 1.54) is 16.5 Å². The summed E-state index contributed by atoms with van der Waals surface area (Å²) in [4.78, 5) is 3.38. The van der Waals surface area contributed by atoms with Gasteiger partial charge >= 0.3 is 0 Å². The van der Waals surface area contributed by atoms with Crippen LogP contribution >= 0.6 is 0 Å². The molecule has 1 heterocycles. The Labute approximate surface area is 101 Å². The minimum atomic E-state index is 0.537. The smallest absolute Gasteiger partial charge is 0.142 e. The second-order valence-electron chi connectivity index (χ2n) is 4.22. The topological polar surface area (TPSA) is 48.8 Å². The Kier molecular flexibility index (Phi) is 3.06. The van der Waals surface area contributed by atoms with Gasteiger partial charge in [0.2, 0.25) is 0 Å². The summed E-state index contributed by atoms with van der Waals surface area (Å²) >= 11 is 0. The maximum atomic E-state index is 8.66. The SMILES string of the molecule is COc1ccc(C)c2c(C)c(CCC#N)[nH]c12. The molecule has 0 saturated carbocycles. The molecule has 0 fully saturated rings. The van der Waals surface area contributed by atoms with E-state index in [0.717, 1.165) is 23.4 Å². The number of ether oxygens (including phenoxy) is 1. The molecule has 0 unspecified atom stereocenters. The van der Waals surface area contributed by atoms with Crippen LogP contribution in [0, 0.1) is 25.2 Å². The number of H-pyrrole nitrogens is 1. The highest BCUT2D eigenvalue weighted by atomic mass is 16.5. The molecule has 2 rings (SSSR count). The molecule has 88 valence electrons. The summed E-state index contributed by atoms with van der Waals surface area (Å²) in [6, 6.07) is 6.22. The van der Waals surface area contributed by atoms with E-state index in [1.807, 2.05) is 6.07 Å². The molecule has 0 aliphatic heterocycles. The molecular formula is C14H16N2O. The molecule has 1 aromatic carbocycles. The third kappa shape index (κ3) is 1.87. The number of hydrogen-bond acceptors (Lipinski definition) is 2. The fourth-order valence-corrected chi connectivity index (χ4v) is 2.29. The van der Waals surface area contributed by atoms with Crippen molar-refractivity contribution in [1.29, 1.82) is 5.26 Å². The second kappa shape index (κ2) is 4.50. The van der Waals surface area contributed by atoms with Crippen LogP contribution in [0.2, 0.25) is 0 Å². The van der Waals surface area contributed by atoms with Gasteiger partial charge in [0, 0.05) is 23.9 Å². The van der Waals surface area contributed by atoms with Gasteiger partial charge in [0.1, 0.15) is 5.75 Å². The summed E-state index contributed by atoms with van der Waals surface area (Å²) in [6.07, 6.45) is 1.30. The molecule has 1 N–H and O–H groups in total. The quantitative estimate of drug-likeness (QED) is 0.876. The lowest BCUT2D eigenvalue weighted by Gasteiger charge is -2.03. The molecular weight excluding hydrogens is 212 g/mol. The summed E-state index contributed by atoms with van der Waals surface area (Å²) in [6.45, 7) is 4.19. The lowest BCUT2D eigenvalue weighted by atomic mass is 10.1. The zero-order valence-corrected chi connectivity index (χ0v) is 10.4. The van der Waals surface area contributed by atoms with Crippen LogP contribution in [-0.2, 0) is 6.42 Å². The number of aromatic amines is 1. The molecule has 3 nitrogen and oxygen atoms in total. The Morgan fingerprint density at radius 3 is 2.76 bits per heavy atom. The van der Waals surface area contributed by atoms with Crippen molar-refractivity contribution in [3.63, 3.8) is 0 Å². The van der Waals surface area contributed by atoms with E-state index >= 15 is 0 Å². The molecule has 0 radical (unpaired) electrons. The molecule has 0 aliphatic rings. The molecule has 2 aromatic rings. The number of rotatable bonds is 3. The Hall–Kier alpha value is -1.95. The Bertz CT molecular complexity index is 590. The predicted molar refractivity (Wildman–Crippen MR) is 68.3 cm³/mol. The van der Waals surface area contributed by atoms with Gasteiger partial charge in [0.05, 0.1) is 18.7 Å². The average molecular weight is 228 g/mol. The maximum Gasteiger partial charge on any atom is 0.142 e. The molecule has 0 spiro atoms. The third-order valence-corrected chi connectivity index (χ3v) is 3.19. The van der Waals surface area contributed by atoms with Crippen LogP contribution in [-0.4, -0.2) is 12.1 Å². The largest absolute Gasteiger partial charge is 0.495 e. The van der Waals surface area contributed by atoms with Crippen molar-refractivity contribution in [2.75, 3.05) is 7.11 Å². The lowest BCUT2D eigenvalue weighted by molar-refractivity contribution is 0.419. The summed E-state index contributed by atoms with van der Waals surface area (Å²) in [5, 5.41) is 9.88. The second-order valence-corrected chi connectivity index (χ2v) is 4.22. The van der Waals surface area contributed by atoms with Crippen molar-refractivity contribution in [3.8, 4) is 11.8 Å². The third-order valence-electron chi connectivity index (χ3n) is 3.19. The van der Waals surface area contributed by atoms with Crippen LogP contribution in [0.25, 0.3) is 10.9 Å². The predicted octanol–water partition coefficient (Wildman–Crippen LogP) is 3.25. The average Bonchev–Trinajstić information content (AvgIpc) is 2.66. The Balaban J connectivity index is 2.63. The summed E-state index contributed by atoms with van der Waals surface area (Å²) in [5.74, 6) is 0.858. The van der Waals surface area contributed by atoms with Crippen LogP contribution in [0.3, 0.4) is 0 Å².